The summed E-state index contributed by atoms with van der Waals surface area (Å²) >= 11 is 3.21. The Labute approximate surface area is 161 Å². The van der Waals surface area contributed by atoms with E-state index in [9.17, 15) is 13.2 Å². The number of piperazine rings is 1. The second-order valence-corrected chi connectivity index (χ2v) is 6.35. The van der Waals surface area contributed by atoms with Crippen molar-refractivity contribution >= 4 is 40.7 Å². The van der Waals surface area contributed by atoms with Gasteiger partial charge in [-0.3, -0.25) is 4.90 Å². The summed E-state index contributed by atoms with van der Waals surface area (Å²) in [5.41, 5.74) is 0.112. The van der Waals surface area contributed by atoms with Gasteiger partial charge in [0.15, 0.2) is 0 Å². The first-order valence-electron chi connectivity index (χ1n) is 7.35. The molecule has 1 N–H and O–H groups in total. The summed E-state index contributed by atoms with van der Waals surface area (Å²) < 4.78 is 39.6. The van der Waals surface area contributed by atoms with Gasteiger partial charge in [0.25, 0.3) is 0 Å². The normalized spacial score (nSPS) is 16.7. The van der Waals surface area contributed by atoms with E-state index in [1.807, 2.05) is 6.08 Å². The van der Waals surface area contributed by atoms with E-state index in [1.54, 1.807) is 6.07 Å². The van der Waals surface area contributed by atoms with E-state index < -0.39 is 11.7 Å². The lowest BCUT2D eigenvalue weighted by molar-refractivity contribution is -0.137. The van der Waals surface area contributed by atoms with Gasteiger partial charge in [-0.15, -0.1) is 31.4 Å². The molecule has 0 radical (unpaired) electrons. The van der Waals surface area contributed by atoms with Gasteiger partial charge in [0.2, 0.25) is 0 Å². The average molecular weight is 450 g/mol. The highest BCUT2D eigenvalue weighted by atomic mass is 79.9. The van der Waals surface area contributed by atoms with Crippen LogP contribution in [-0.4, -0.2) is 31.1 Å². The van der Waals surface area contributed by atoms with Gasteiger partial charge < -0.3 is 5.32 Å². The highest BCUT2D eigenvalue weighted by Gasteiger charge is 2.32. The van der Waals surface area contributed by atoms with Crippen molar-refractivity contribution < 1.29 is 13.2 Å². The zero-order valence-corrected chi connectivity index (χ0v) is 16.3. The van der Waals surface area contributed by atoms with Crippen molar-refractivity contribution in [2.75, 3.05) is 26.2 Å². The zero-order chi connectivity index (χ0) is 16.2. The molecule has 0 bridgehead atoms. The van der Waals surface area contributed by atoms with Crippen LogP contribution in [0.25, 0.3) is 0 Å². The van der Waals surface area contributed by atoms with E-state index in [0.717, 1.165) is 45.1 Å². The molecule has 138 valence electrons. The van der Waals surface area contributed by atoms with Gasteiger partial charge in [-0.2, -0.15) is 13.2 Å². The van der Waals surface area contributed by atoms with Crippen molar-refractivity contribution in [1.29, 1.82) is 0 Å². The summed E-state index contributed by atoms with van der Waals surface area (Å²) in [7, 11) is 0. The molecule has 1 heterocycles. The number of nitrogens with zero attached hydrogens (tertiary/aromatic N) is 1. The van der Waals surface area contributed by atoms with E-state index in [0.29, 0.717) is 10.0 Å². The number of nitrogens with one attached hydrogen (secondary N) is 1. The van der Waals surface area contributed by atoms with Crippen LogP contribution in [0.4, 0.5) is 13.2 Å². The second-order valence-electron chi connectivity index (χ2n) is 5.44. The Morgan fingerprint density at radius 1 is 1.21 bits per heavy atom. The molecule has 1 aromatic rings. The quantitative estimate of drug-likeness (QED) is 0.619. The average Bonchev–Trinajstić information content (AvgIpc) is 2.47. The lowest BCUT2D eigenvalue weighted by Gasteiger charge is -2.35. The van der Waals surface area contributed by atoms with Crippen LogP contribution in [0.3, 0.4) is 0 Å². The van der Waals surface area contributed by atoms with Crippen LogP contribution in [0.5, 0.6) is 0 Å². The van der Waals surface area contributed by atoms with Crippen LogP contribution >= 0.6 is 40.7 Å². The minimum absolute atomic E-state index is 0. The van der Waals surface area contributed by atoms with Crippen molar-refractivity contribution in [2.45, 2.75) is 25.1 Å². The molecule has 1 atom stereocenters. The number of allylic oxidation sites excluding steroid dienone is 1. The number of alkyl halides is 3. The van der Waals surface area contributed by atoms with E-state index >= 15 is 0 Å². The van der Waals surface area contributed by atoms with Crippen LogP contribution in [0.15, 0.2) is 35.3 Å². The summed E-state index contributed by atoms with van der Waals surface area (Å²) in [5, 5.41) is 3.27. The Hall–Kier alpha value is -0.270. The first-order valence-corrected chi connectivity index (χ1v) is 8.14. The van der Waals surface area contributed by atoms with Gasteiger partial charge in [-0.25, -0.2) is 0 Å². The second kappa shape index (κ2) is 10.7. The fourth-order valence-corrected chi connectivity index (χ4v) is 3.31. The van der Waals surface area contributed by atoms with Crippen LogP contribution in [0, 0.1) is 0 Å². The Morgan fingerprint density at radius 2 is 1.83 bits per heavy atom. The van der Waals surface area contributed by atoms with Crippen LogP contribution in [0.2, 0.25) is 0 Å². The Morgan fingerprint density at radius 3 is 2.38 bits per heavy atom. The topological polar surface area (TPSA) is 15.3 Å². The van der Waals surface area contributed by atoms with Crippen molar-refractivity contribution in [1.82, 2.24) is 10.2 Å². The number of rotatable bonds is 5. The van der Waals surface area contributed by atoms with E-state index in [1.165, 1.54) is 6.07 Å². The predicted molar refractivity (Wildman–Crippen MR) is 100 cm³/mol. The summed E-state index contributed by atoms with van der Waals surface area (Å²) in [6.45, 7) is 7.14. The Bertz CT molecular complexity index is 521. The van der Waals surface area contributed by atoms with E-state index in [2.05, 4.69) is 32.7 Å². The lowest BCUT2D eigenvalue weighted by Crippen LogP contribution is -2.45. The Kier molecular flexibility index (Phi) is 10.5. The standard InChI is InChI=1S/C16H20BrF3N2.2ClH/c1-2-3-4-15(22-7-5-21-6-8-22)12-9-13(16(18,19)20)11-14(17)10-12;;/h2,9-11,15,21H,1,3-8H2;2*1H/t15-;;/m0../s1. The summed E-state index contributed by atoms with van der Waals surface area (Å²) in [6.07, 6.45) is -0.956. The highest BCUT2D eigenvalue weighted by Crippen LogP contribution is 2.36. The van der Waals surface area contributed by atoms with Crippen molar-refractivity contribution in [3.8, 4) is 0 Å². The minimum atomic E-state index is -4.33. The maximum Gasteiger partial charge on any atom is 0.416 e. The van der Waals surface area contributed by atoms with Crippen molar-refractivity contribution in [3.05, 3.63) is 46.5 Å². The maximum absolute atomic E-state index is 13.0. The van der Waals surface area contributed by atoms with Gasteiger partial charge in [0.05, 0.1) is 5.56 Å². The molecule has 0 aromatic heterocycles. The molecule has 0 aliphatic carbocycles. The highest BCUT2D eigenvalue weighted by molar-refractivity contribution is 9.10. The third-order valence-electron chi connectivity index (χ3n) is 3.87. The largest absolute Gasteiger partial charge is 0.416 e. The third kappa shape index (κ3) is 6.56. The number of benzene rings is 1. The minimum Gasteiger partial charge on any atom is -0.314 e. The fourth-order valence-electron chi connectivity index (χ4n) is 2.80. The maximum atomic E-state index is 13.0. The van der Waals surface area contributed by atoms with Crippen molar-refractivity contribution in [2.24, 2.45) is 0 Å². The molecule has 2 nitrogen and oxygen atoms in total. The molecule has 0 saturated carbocycles. The first-order chi connectivity index (χ1) is 10.4. The molecule has 1 fully saturated rings. The van der Waals surface area contributed by atoms with Gasteiger partial charge in [0.1, 0.15) is 0 Å². The molecule has 2 rings (SSSR count). The number of hydrogen-bond acceptors (Lipinski definition) is 2. The van der Waals surface area contributed by atoms with Gasteiger partial charge in [0, 0.05) is 36.7 Å². The van der Waals surface area contributed by atoms with Crippen LogP contribution < -0.4 is 5.32 Å². The molecule has 0 spiro atoms. The molecular formula is C16H22BrCl2F3N2. The van der Waals surface area contributed by atoms with Gasteiger partial charge in [-0.05, 0) is 36.6 Å². The molecule has 1 aliphatic rings. The molecule has 0 unspecified atom stereocenters. The van der Waals surface area contributed by atoms with E-state index in [4.69, 9.17) is 0 Å². The summed E-state index contributed by atoms with van der Waals surface area (Å²) in [4.78, 5) is 2.25. The fraction of sp³-hybridized carbons (Fsp3) is 0.500. The van der Waals surface area contributed by atoms with Crippen LogP contribution in [0.1, 0.15) is 30.0 Å². The smallest absolute Gasteiger partial charge is 0.314 e. The third-order valence-corrected chi connectivity index (χ3v) is 4.33. The summed E-state index contributed by atoms with van der Waals surface area (Å²) in [6, 6.07) is 4.19. The molecule has 8 heteroatoms. The molecule has 24 heavy (non-hydrogen) atoms. The van der Waals surface area contributed by atoms with Crippen LogP contribution in [-0.2, 0) is 6.18 Å². The Balaban J connectivity index is 0.00000264. The predicted octanol–water partition coefficient (Wildman–Crippen LogP) is 5.22. The van der Waals surface area contributed by atoms with Gasteiger partial charge >= 0.3 is 6.18 Å². The van der Waals surface area contributed by atoms with Crippen molar-refractivity contribution in [3.63, 3.8) is 0 Å². The monoisotopic (exact) mass is 448 g/mol. The molecule has 1 saturated heterocycles. The van der Waals surface area contributed by atoms with E-state index in [-0.39, 0.29) is 30.9 Å². The zero-order valence-electron chi connectivity index (χ0n) is 13.1. The molecule has 1 aliphatic heterocycles. The molecular weight excluding hydrogens is 428 g/mol. The first kappa shape index (κ1) is 23.7. The SMILES string of the molecule is C=CCC[C@@H](c1cc(Br)cc(C(F)(F)F)c1)N1CCNCC1.Cl.Cl. The number of halogens is 6. The number of hydrogen-bond donors (Lipinski definition) is 1. The lowest BCUT2D eigenvalue weighted by atomic mass is 9.97. The van der Waals surface area contributed by atoms with Gasteiger partial charge in [-0.1, -0.05) is 22.0 Å². The molecule has 0 amide bonds. The molecule has 1 aromatic carbocycles. The summed E-state index contributed by atoms with van der Waals surface area (Å²) in [5.74, 6) is 0.